The third-order valence-corrected chi connectivity index (χ3v) is 4.97. The molecule has 2 N–H and O–H groups in total. The Morgan fingerprint density at radius 1 is 1.14 bits per heavy atom. The minimum Gasteiger partial charge on any atom is -0.495 e. The number of hydrogen-bond acceptors (Lipinski definition) is 5. The molecule has 0 aliphatic rings. The van der Waals surface area contributed by atoms with E-state index in [1.54, 1.807) is 36.6 Å². The number of aromatic nitrogens is 1. The number of anilines is 1. The van der Waals surface area contributed by atoms with Crippen molar-refractivity contribution in [1.29, 1.82) is 0 Å². The van der Waals surface area contributed by atoms with Crippen molar-refractivity contribution in [2.24, 2.45) is 0 Å². The lowest BCUT2D eigenvalue weighted by atomic mass is 10.1. The SMILES string of the molecule is CNC(=O)c1ccc(OC)c(NC(=O)Cc2ccc(-c3csc(C)n3)cc2)c1. The maximum absolute atomic E-state index is 12.5. The molecule has 0 fully saturated rings. The van der Waals surface area contributed by atoms with E-state index in [0.717, 1.165) is 21.8 Å². The molecular formula is C21H21N3O3S. The van der Waals surface area contributed by atoms with E-state index < -0.39 is 0 Å². The van der Waals surface area contributed by atoms with Crippen molar-refractivity contribution in [2.75, 3.05) is 19.5 Å². The number of aryl methyl sites for hydroxylation is 1. The molecular weight excluding hydrogens is 374 g/mol. The molecule has 1 heterocycles. The molecule has 2 amide bonds. The molecule has 0 aliphatic carbocycles. The Kier molecular flexibility index (Phi) is 6.06. The van der Waals surface area contributed by atoms with Crippen LogP contribution < -0.4 is 15.4 Å². The molecule has 28 heavy (non-hydrogen) atoms. The Balaban J connectivity index is 1.71. The molecule has 0 radical (unpaired) electrons. The lowest BCUT2D eigenvalue weighted by Gasteiger charge is -2.12. The first-order valence-corrected chi connectivity index (χ1v) is 9.59. The number of rotatable bonds is 6. The summed E-state index contributed by atoms with van der Waals surface area (Å²) in [6.07, 6.45) is 0.212. The van der Waals surface area contributed by atoms with Gasteiger partial charge in [-0.2, -0.15) is 0 Å². The van der Waals surface area contributed by atoms with Crippen LogP contribution in [0, 0.1) is 6.92 Å². The predicted octanol–water partition coefficient (Wildman–Crippen LogP) is 3.67. The second-order valence-corrected chi connectivity index (χ2v) is 7.23. The fourth-order valence-corrected chi connectivity index (χ4v) is 3.38. The van der Waals surface area contributed by atoms with Gasteiger partial charge in [0, 0.05) is 23.6 Å². The van der Waals surface area contributed by atoms with E-state index in [1.807, 2.05) is 36.6 Å². The van der Waals surface area contributed by atoms with E-state index in [-0.39, 0.29) is 18.2 Å². The fourth-order valence-electron chi connectivity index (χ4n) is 2.76. The van der Waals surface area contributed by atoms with Gasteiger partial charge in [-0.15, -0.1) is 11.3 Å². The molecule has 2 aromatic carbocycles. The molecule has 0 saturated heterocycles. The number of ether oxygens (including phenoxy) is 1. The normalized spacial score (nSPS) is 10.4. The minimum atomic E-state index is -0.231. The van der Waals surface area contributed by atoms with Gasteiger partial charge in [-0.1, -0.05) is 24.3 Å². The number of thiazole rings is 1. The van der Waals surface area contributed by atoms with Crippen LogP contribution in [0.1, 0.15) is 20.9 Å². The summed E-state index contributed by atoms with van der Waals surface area (Å²) in [5.41, 5.74) is 3.75. The third-order valence-electron chi connectivity index (χ3n) is 4.20. The van der Waals surface area contributed by atoms with Crippen LogP contribution in [0.5, 0.6) is 5.75 Å². The lowest BCUT2D eigenvalue weighted by molar-refractivity contribution is -0.115. The molecule has 6 nitrogen and oxygen atoms in total. The number of carbonyl (C=O) groups is 2. The van der Waals surface area contributed by atoms with Gasteiger partial charge in [0.2, 0.25) is 5.91 Å². The Bertz CT molecular complexity index is 996. The van der Waals surface area contributed by atoms with Gasteiger partial charge < -0.3 is 15.4 Å². The minimum absolute atomic E-state index is 0.190. The van der Waals surface area contributed by atoms with E-state index in [1.165, 1.54) is 7.11 Å². The molecule has 3 rings (SSSR count). The van der Waals surface area contributed by atoms with Crippen LogP contribution in [0.25, 0.3) is 11.3 Å². The predicted molar refractivity (Wildman–Crippen MR) is 111 cm³/mol. The van der Waals surface area contributed by atoms with Gasteiger partial charge in [-0.3, -0.25) is 9.59 Å². The van der Waals surface area contributed by atoms with Crippen LogP contribution in [0.3, 0.4) is 0 Å². The average Bonchev–Trinajstić information content (AvgIpc) is 3.14. The van der Waals surface area contributed by atoms with Crippen molar-refractivity contribution < 1.29 is 14.3 Å². The summed E-state index contributed by atoms with van der Waals surface area (Å²) in [5.74, 6) is 0.0749. The van der Waals surface area contributed by atoms with Crippen molar-refractivity contribution in [3.8, 4) is 17.0 Å². The molecule has 0 bridgehead atoms. The Hall–Kier alpha value is -3.19. The summed E-state index contributed by atoms with van der Waals surface area (Å²) < 4.78 is 5.28. The van der Waals surface area contributed by atoms with Crippen molar-refractivity contribution in [2.45, 2.75) is 13.3 Å². The summed E-state index contributed by atoms with van der Waals surface area (Å²) in [7, 11) is 3.07. The molecule has 1 aromatic heterocycles. The number of nitrogens with one attached hydrogen (secondary N) is 2. The van der Waals surface area contributed by atoms with Crippen LogP contribution in [-0.4, -0.2) is 31.0 Å². The van der Waals surface area contributed by atoms with E-state index >= 15 is 0 Å². The van der Waals surface area contributed by atoms with Gasteiger partial charge in [0.05, 0.1) is 29.9 Å². The molecule has 0 unspecified atom stereocenters. The highest BCUT2D eigenvalue weighted by Crippen LogP contribution is 2.26. The van der Waals surface area contributed by atoms with Crippen LogP contribution in [0.2, 0.25) is 0 Å². The fraction of sp³-hybridized carbons (Fsp3) is 0.190. The number of methoxy groups -OCH3 is 1. The van der Waals surface area contributed by atoms with E-state index in [9.17, 15) is 9.59 Å². The van der Waals surface area contributed by atoms with E-state index in [4.69, 9.17) is 4.74 Å². The van der Waals surface area contributed by atoms with E-state index in [2.05, 4.69) is 15.6 Å². The van der Waals surface area contributed by atoms with Crippen molar-refractivity contribution in [3.05, 3.63) is 64.0 Å². The van der Waals surface area contributed by atoms with Crippen molar-refractivity contribution in [1.82, 2.24) is 10.3 Å². The van der Waals surface area contributed by atoms with Crippen LogP contribution in [0.4, 0.5) is 5.69 Å². The molecule has 0 aliphatic heterocycles. The standard InChI is InChI=1S/C21H21N3O3S/c1-13-23-18(12-28-13)15-6-4-14(5-7-15)10-20(25)24-17-11-16(21(26)22-2)8-9-19(17)27-3/h4-9,11-12H,10H2,1-3H3,(H,22,26)(H,24,25). The zero-order valence-corrected chi connectivity index (χ0v) is 16.7. The highest BCUT2D eigenvalue weighted by atomic mass is 32.1. The molecule has 7 heteroatoms. The Morgan fingerprint density at radius 2 is 1.89 bits per heavy atom. The van der Waals surface area contributed by atoms with Gasteiger partial charge >= 0.3 is 0 Å². The van der Waals surface area contributed by atoms with Crippen molar-refractivity contribution >= 4 is 28.8 Å². The molecule has 0 spiro atoms. The first-order valence-electron chi connectivity index (χ1n) is 8.71. The quantitative estimate of drug-likeness (QED) is 0.667. The maximum atomic E-state index is 12.5. The smallest absolute Gasteiger partial charge is 0.251 e. The monoisotopic (exact) mass is 395 g/mol. The number of carbonyl (C=O) groups excluding carboxylic acids is 2. The van der Waals surface area contributed by atoms with Crippen LogP contribution in [0.15, 0.2) is 47.8 Å². The zero-order chi connectivity index (χ0) is 20.1. The summed E-state index contributed by atoms with van der Waals surface area (Å²) in [6.45, 7) is 1.97. The topological polar surface area (TPSA) is 80.3 Å². The van der Waals surface area contributed by atoms with Crippen molar-refractivity contribution in [3.63, 3.8) is 0 Å². The number of benzene rings is 2. The number of nitrogens with zero attached hydrogens (tertiary/aromatic N) is 1. The van der Waals surface area contributed by atoms with Gasteiger partial charge in [0.25, 0.3) is 5.91 Å². The molecule has 3 aromatic rings. The van der Waals surface area contributed by atoms with Gasteiger partial charge in [0.15, 0.2) is 0 Å². The highest BCUT2D eigenvalue weighted by molar-refractivity contribution is 7.09. The molecule has 0 atom stereocenters. The van der Waals surface area contributed by atoms with Crippen LogP contribution in [-0.2, 0) is 11.2 Å². The second kappa shape index (κ2) is 8.67. The lowest BCUT2D eigenvalue weighted by Crippen LogP contribution is -2.19. The van der Waals surface area contributed by atoms with E-state index in [0.29, 0.717) is 17.0 Å². The Labute approximate surface area is 167 Å². The summed E-state index contributed by atoms with van der Waals surface area (Å²) in [6, 6.07) is 12.7. The van der Waals surface area contributed by atoms with Crippen LogP contribution >= 0.6 is 11.3 Å². The number of amides is 2. The zero-order valence-electron chi connectivity index (χ0n) is 15.9. The largest absolute Gasteiger partial charge is 0.495 e. The summed E-state index contributed by atoms with van der Waals surface area (Å²) >= 11 is 1.61. The van der Waals surface area contributed by atoms with Gasteiger partial charge in [-0.05, 0) is 30.7 Å². The third kappa shape index (κ3) is 4.55. The number of hydrogen-bond donors (Lipinski definition) is 2. The first-order chi connectivity index (χ1) is 13.5. The highest BCUT2D eigenvalue weighted by Gasteiger charge is 2.12. The van der Waals surface area contributed by atoms with Gasteiger partial charge in [0.1, 0.15) is 5.75 Å². The first kappa shape index (κ1) is 19.6. The Morgan fingerprint density at radius 3 is 2.50 bits per heavy atom. The second-order valence-electron chi connectivity index (χ2n) is 6.17. The van der Waals surface area contributed by atoms with Gasteiger partial charge in [-0.25, -0.2) is 4.98 Å². The summed E-state index contributed by atoms with van der Waals surface area (Å²) in [5, 5.41) is 8.42. The molecule has 144 valence electrons. The average molecular weight is 395 g/mol. The maximum Gasteiger partial charge on any atom is 0.251 e. The molecule has 0 saturated carbocycles. The summed E-state index contributed by atoms with van der Waals surface area (Å²) in [4.78, 5) is 28.8.